The van der Waals surface area contributed by atoms with E-state index in [9.17, 15) is 26.4 Å². The highest BCUT2D eigenvalue weighted by Gasteiger charge is 2.28. The zero-order valence-electron chi connectivity index (χ0n) is 16.9. The largest absolute Gasteiger partial charge is 0.495 e. The quantitative estimate of drug-likeness (QED) is 0.568. The van der Waals surface area contributed by atoms with Gasteiger partial charge in [-0.3, -0.25) is 9.69 Å². The lowest BCUT2D eigenvalue weighted by molar-refractivity contribution is -0.174. The Morgan fingerprint density at radius 3 is 2.43 bits per heavy atom. The van der Waals surface area contributed by atoms with Crippen LogP contribution in [0.15, 0.2) is 23.1 Å². The highest BCUT2D eigenvalue weighted by atomic mass is 32.2. The molecular formula is C18H26F3N3O5S. The summed E-state index contributed by atoms with van der Waals surface area (Å²) in [5.74, 6) is -0.156. The minimum absolute atomic E-state index is 0.0210. The molecule has 1 amide bonds. The van der Waals surface area contributed by atoms with E-state index in [0.29, 0.717) is 39.1 Å². The Morgan fingerprint density at radius 1 is 1.20 bits per heavy atom. The number of carbonyl (C=O) groups is 1. The fourth-order valence-electron chi connectivity index (χ4n) is 3.06. The van der Waals surface area contributed by atoms with E-state index >= 15 is 0 Å². The average molecular weight is 453 g/mol. The van der Waals surface area contributed by atoms with Gasteiger partial charge in [0.2, 0.25) is 10.0 Å². The molecule has 1 saturated heterocycles. The Hall–Kier alpha value is -1.89. The van der Waals surface area contributed by atoms with Crippen LogP contribution in [0, 0.1) is 0 Å². The van der Waals surface area contributed by atoms with Crippen molar-refractivity contribution in [2.24, 2.45) is 0 Å². The van der Waals surface area contributed by atoms with E-state index in [-0.39, 0.29) is 28.7 Å². The Labute approximate surface area is 174 Å². The van der Waals surface area contributed by atoms with Gasteiger partial charge in [0.25, 0.3) is 5.91 Å². The van der Waals surface area contributed by atoms with Crippen molar-refractivity contribution in [1.29, 1.82) is 0 Å². The number of amides is 1. The summed E-state index contributed by atoms with van der Waals surface area (Å²) in [6.45, 7) is 1.36. The molecule has 1 N–H and O–H groups in total. The van der Waals surface area contributed by atoms with Crippen molar-refractivity contribution >= 4 is 15.9 Å². The number of benzene rings is 1. The normalized spacial score (nSPS) is 16.0. The molecule has 0 aliphatic carbocycles. The maximum atomic E-state index is 12.8. The van der Waals surface area contributed by atoms with Crippen LogP contribution >= 0.6 is 0 Å². The lowest BCUT2D eigenvalue weighted by Crippen LogP contribution is -2.49. The summed E-state index contributed by atoms with van der Waals surface area (Å²) in [6, 6.07) is 4.24. The van der Waals surface area contributed by atoms with Crippen LogP contribution in [-0.2, 0) is 14.8 Å². The molecule has 2 rings (SSSR count). The number of rotatable bonds is 9. The zero-order chi connectivity index (χ0) is 22.4. The van der Waals surface area contributed by atoms with Gasteiger partial charge in [-0.2, -0.15) is 13.2 Å². The second-order valence-electron chi connectivity index (χ2n) is 6.73. The molecule has 0 radical (unpaired) electrons. The van der Waals surface area contributed by atoms with Crippen molar-refractivity contribution in [3.63, 3.8) is 0 Å². The van der Waals surface area contributed by atoms with E-state index in [2.05, 4.69) is 9.46 Å². The molecule has 1 heterocycles. The van der Waals surface area contributed by atoms with Crippen LogP contribution in [0.4, 0.5) is 13.2 Å². The zero-order valence-corrected chi connectivity index (χ0v) is 17.7. The first kappa shape index (κ1) is 24.4. The lowest BCUT2D eigenvalue weighted by Gasteiger charge is -2.34. The molecule has 0 unspecified atom stereocenters. The fourth-order valence-corrected chi connectivity index (χ4v) is 3.98. The standard InChI is InChI=1S/C18H26F3N3O5S/c1-22-30(26,27)16-12-14(4-5-15(16)28-2)17(25)24-9-7-23(8-10-24)6-3-11-29-13-18(19,20)21/h4-5,12,22H,3,6-11,13H2,1-2H3. The molecule has 0 aromatic heterocycles. The van der Waals surface area contributed by atoms with Crippen molar-refractivity contribution < 1.29 is 35.9 Å². The third kappa shape index (κ3) is 6.83. The Balaban J connectivity index is 1.89. The highest BCUT2D eigenvalue weighted by molar-refractivity contribution is 7.89. The minimum Gasteiger partial charge on any atom is -0.495 e. The van der Waals surface area contributed by atoms with Crippen molar-refractivity contribution in [3.8, 4) is 5.75 Å². The van der Waals surface area contributed by atoms with Crippen molar-refractivity contribution in [1.82, 2.24) is 14.5 Å². The van der Waals surface area contributed by atoms with E-state index in [1.807, 2.05) is 4.90 Å². The number of nitrogens with one attached hydrogen (secondary N) is 1. The number of hydrogen-bond acceptors (Lipinski definition) is 6. The minimum atomic E-state index is -4.32. The smallest absolute Gasteiger partial charge is 0.411 e. The predicted molar refractivity (Wildman–Crippen MR) is 103 cm³/mol. The Kier molecular flexibility index (Phi) is 8.47. The van der Waals surface area contributed by atoms with Gasteiger partial charge in [-0.15, -0.1) is 0 Å². The third-order valence-corrected chi connectivity index (χ3v) is 6.09. The molecule has 1 aliphatic rings. The number of ether oxygens (including phenoxy) is 2. The monoisotopic (exact) mass is 453 g/mol. The molecule has 12 heteroatoms. The number of nitrogens with zero attached hydrogens (tertiary/aromatic N) is 2. The number of halogens is 3. The van der Waals surface area contributed by atoms with Crippen molar-refractivity contribution in [3.05, 3.63) is 23.8 Å². The molecule has 170 valence electrons. The first-order valence-corrected chi connectivity index (χ1v) is 10.8. The molecule has 1 aromatic carbocycles. The summed E-state index contributed by atoms with van der Waals surface area (Å²) in [4.78, 5) is 16.3. The fraction of sp³-hybridized carbons (Fsp3) is 0.611. The number of methoxy groups -OCH3 is 1. The van der Waals surface area contributed by atoms with Crippen LogP contribution in [0.1, 0.15) is 16.8 Å². The summed E-state index contributed by atoms with van der Waals surface area (Å²) in [5.41, 5.74) is 0.235. The van der Waals surface area contributed by atoms with Gasteiger partial charge < -0.3 is 14.4 Å². The van der Waals surface area contributed by atoms with Gasteiger partial charge in [0.1, 0.15) is 17.3 Å². The van der Waals surface area contributed by atoms with Gasteiger partial charge in [0.05, 0.1) is 7.11 Å². The molecule has 0 bridgehead atoms. The second-order valence-corrected chi connectivity index (χ2v) is 8.58. The number of carbonyl (C=O) groups excluding carboxylic acids is 1. The lowest BCUT2D eigenvalue weighted by atomic mass is 10.1. The number of alkyl halides is 3. The molecular weight excluding hydrogens is 427 g/mol. The van der Waals surface area contributed by atoms with Crippen LogP contribution in [0.5, 0.6) is 5.75 Å². The number of piperazine rings is 1. The molecule has 0 saturated carbocycles. The first-order chi connectivity index (χ1) is 14.1. The van der Waals surface area contributed by atoms with Crippen LogP contribution in [0.2, 0.25) is 0 Å². The summed E-state index contributed by atoms with van der Waals surface area (Å²) in [7, 11) is -1.18. The van der Waals surface area contributed by atoms with Gasteiger partial charge >= 0.3 is 6.18 Å². The van der Waals surface area contributed by atoms with Gasteiger partial charge in [-0.05, 0) is 31.7 Å². The Bertz CT molecular complexity index is 825. The topological polar surface area (TPSA) is 88.2 Å². The molecule has 1 fully saturated rings. The first-order valence-electron chi connectivity index (χ1n) is 9.35. The SMILES string of the molecule is CNS(=O)(=O)c1cc(C(=O)N2CCN(CCCOCC(F)(F)F)CC2)ccc1OC. The number of sulfonamides is 1. The van der Waals surface area contributed by atoms with Gasteiger partial charge in [-0.25, -0.2) is 13.1 Å². The molecule has 0 atom stereocenters. The van der Waals surface area contributed by atoms with Crippen LogP contribution in [0.25, 0.3) is 0 Å². The van der Waals surface area contributed by atoms with E-state index < -0.39 is 22.8 Å². The van der Waals surface area contributed by atoms with Gasteiger partial charge in [0, 0.05) is 44.9 Å². The maximum Gasteiger partial charge on any atom is 0.411 e. The van der Waals surface area contributed by atoms with Crippen LogP contribution in [0.3, 0.4) is 0 Å². The second kappa shape index (κ2) is 10.4. The Morgan fingerprint density at radius 2 is 1.87 bits per heavy atom. The maximum absolute atomic E-state index is 12.8. The summed E-state index contributed by atoms with van der Waals surface area (Å²) in [6.07, 6.45) is -3.85. The van der Waals surface area contributed by atoms with E-state index in [4.69, 9.17) is 4.74 Å². The highest BCUT2D eigenvalue weighted by Crippen LogP contribution is 2.25. The molecule has 1 aromatic rings. The summed E-state index contributed by atoms with van der Waals surface area (Å²) < 4.78 is 72.3. The molecule has 30 heavy (non-hydrogen) atoms. The van der Waals surface area contributed by atoms with E-state index in [0.717, 1.165) is 0 Å². The van der Waals surface area contributed by atoms with Crippen LogP contribution in [-0.4, -0.2) is 90.4 Å². The summed E-state index contributed by atoms with van der Waals surface area (Å²) in [5, 5.41) is 0. The van der Waals surface area contributed by atoms with Gasteiger partial charge in [-0.1, -0.05) is 0 Å². The summed E-state index contributed by atoms with van der Waals surface area (Å²) >= 11 is 0. The van der Waals surface area contributed by atoms with Crippen molar-refractivity contribution in [2.75, 3.05) is 60.1 Å². The van der Waals surface area contributed by atoms with Gasteiger partial charge in [0.15, 0.2) is 0 Å². The van der Waals surface area contributed by atoms with E-state index in [1.54, 1.807) is 4.90 Å². The molecule has 1 aliphatic heterocycles. The number of hydrogen-bond donors (Lipinski definition) is 1. The van der Waals surface area contributed by atoms with Crippen LogP contribution < -0.4 is 9.46 Å². The third-order valence-electron chi connectivity index (χ3n) is 4.66. The molecule has 0 spiro atoms. The predicted octanol–water partition coefficient (Wildman–Crippen LogP) is 1.33. The van der Waals surface area contributed by atoms with Crippen molar-refractivity contribution in [2.45, 2.75) is 17.5 Å². The average Bonchev–Trinajstić information content (AvgIpc) is 2.72. The molecule has 8 nitrogen and oxygen atoms in total. The van der Waals surface area contributed by atoms with E-state index in [1.165, 1.54) is 32.4 Å².